The zero-order valence-corrected chi connectivity index (χ0v) is 21.2. The van der Waals surface area contributed by atoms with Gasteiger partial charge in [0.05, 0.1) is 23.7 Å². The lowest BCUT2D eigenvalue weighted by molar-refractivity contribution is -0.121. The molecule has 1 atom stereocenters. The third-order valence-corrected chi connectivity index (χ3v) is 6.22. The van der Waals surface area contributed by atoms with E-state index in [1.54, 1.807) is 12.1 Å². The van der Waals surface area contributed by atoms with Crippen molar-refractivity contribution < 1.29 is 28.7 Å². The van der Waals surface area contributed by atoms with Crippen molar-refractivity contribution in [2.45, 2.75) is 25.8 Å². The summed E-state index contributed by atoms with van der Waals surface area (Å²) in [5.41, 5.74) is 3.07. The third kappa shape index (κ3) is 6.59. The number of hydrogen-bond acceptors (Lipinski definition) is 7. The molecule has 0 radical (unpaired) electrons. The van der Waals surface area contributed by atoms with Gasteiger partial charge in [0, 0.05) is 18.8 Å². The quantitative estimate of drug-likeness (QED) is 0.168. The van der Waals surface area contributed by atoms with Gasteiger partial charge >= 0.3 is 5.97 Å². The van der Waals surface area contributed by atoms with Crippen LogP contribution in [0.2, 0.25) is 0 Å². The molecule has 3 aromatic rings. The van der Waals surface area contributed by atoms with Gasteiger partial charge in [-0.05, 0) is 55.3 Å². The Balaban J connectivity index is 1.29. The van der Waals surface area contributed by atoms with E-state index in [1.807, 2.05) is 49.4 Å². The Bertz CT molecular complexity index is 1270. The van der Waals surface area contributed by atoms with Crippen LogP contribution in [0.3, 0.4) is 0 Å². The number of rotatable bonds is 12. The smallest absolute Gasteiger partial charge is 0.338 e. The Morgan fingerprint density at radius 1 is 0.895 bits per heavy atom. The lowest BCUT2D eigenvalue weighted by Crippen LogP contribution is -2.39. The maximum Gasteiger partial charge on any atom is 0.338 e. The van der Waals surface area contributed by atoms with Gasteiger partial charge in [0.25, 0.3) is 5.91 Å². The summed E-state index contributed by atoms with van der Waals surface area (Å²) >= 11 is 0. The van der Waals surface area contributed by atoms with Crippen LogP contribution < -0.4 is 10.2 Å². The fourth-order valence-corrected chi connectivity index (χ4v) is 4.18. The molecule has 2 amide bonds. The van der Waals surface area contributed by atoms with E-state index in [9.17, 15) is 19.2 Å². The Kier molecular flexibility index (Phi) is 9.13. The van der Waals surface area contributed by atoms with Crippen LogP contribution >= 0.6 is 0 Å². The number of nitrogens with one attached hydrogen (secondary N) is 1. The van der Waals surface area contributed by atoms with E-state index in [1.165, 1.54) is 24.3 Å². The van der Waals surface area contributed by atoms with Crippen molar-refractivity contribution in [2.24, 2.45) is 0 Å². The lowest BCUT2D eigenvalue weighted by Gasteiger charge is -2.16. The highest BCUT2D eigenvalue weighted by Crippen LogP contribution is 2.24. The van der Waals surface area contributed by atoms with E-state index in [0.717, 1.165) is 22.4 Å². The fourth-order valence-electron chi connectivity index (χ4n) is 4.18. The topological polar surface area (TPSA) is 102 Å². The molecule has 1 aliphatic rings. The largest absolute Gasteiger partial charge is 0.454 e. The number of amides is 2. The Labute approximate surface area is 221 Å². The van der Waals surface area contributed by atoms with Gasteiger partial charge in [-0.2, -0.15) is 0 Å². The van der Waals surface area contributed by atoms with Gasteiger partial charge < -0.3 is 14.8 Å². The minimum Gasteiger partial charge on any atom is -0.454 e. The van der Waals surface area contributed by atoms with E-state index in [2.05, 4.69) is 5.32 Å². The summed E-state index contributed by atoms with van der Waals surface area (Å²) in [5, 5.41) is 3.10. The molecule has 4 rings (SSSR count). The van der Waals surface area contributed by atoms with Crippen molar-refractivity contribution in [3.8, 4) is 11.1 Å². The molecular formula is C30H30N2O6. The monoisotopic (exact) mass is 514 g/mol. The first-order valence-electron chi connectivity index (χ1n) is 12.6. The maximum absolute atomic E-state index is 12.8. The van der Waals surface area contributed by atoms with Crippen molar-refractivity contribution in [1.82, 2.24) is 5.32 Å². The van der Waals surface area contributed by atoms with Gasteiger partial charge in [0.2, 0.25) is 5.91 Å². The Morgan fingerprint density at radius 3 is 2.24 bits per heavy atom. The van der Waals surface area contributed by atoms with E-state index < -0.39 is 18.6 Å². The van der Waals surface area contributed by atoms with E-state index in [4.69, 9.17) is 9.47 Å². The normalized spacial score (nSPS) is 15.1. The Morgan fingerprint density at radius 2 is 1.55 bits per heavy atom. The fraction of sp³-hybridized carbons (Fsp3) is 0.267. The highest BCUT2D eigenvalue weighted by atomic mass is 16.5. The standard InChI is InChI=1S/C30H30N2O6/c1-2-37-18-6-17-31-26-19-28(34)32(29(26)35)25-15-13-24(14-16-25)30(36)38-20-27(33)23-11-9-22(10-12-23)21-7-4-3-5-8-21/h3-5,7-16,26,31H,2,6,17-20H2,1H3. The predicted octanol–water partition coefficient (Wildman–Crippen LogP) is 4.04. The van der Waals surface area contributed by atoms with Crippen LogP contribution in [0, 0.1) is 0 Å². The molecule has 1 fully saturated rings. The average molecular weight is 515 g/mol. The summed E-state index contributed by atoms with van der Waals surface area (Å²) in [7, 11) is 0. The van der Waals surface area contributed by atoms with Gasteiger partial charge in [0.1, 0.15) is 0 Å². The number of imide groups is 1. The summed E-state index contributed by atoms with van der Waals surface area (Å²) in [6.45, 7) is 3.31. The molecule has 0 spiro atoms. The van der Waals surface area contributed by atoms with Crippen LogP contribution in [-0.2, 0) is 19.1 Å². The molecule has 1 N–H and O–H groups in total. The number of esters is 1. The van der Waals surface area contributed by atoms with Crippen molar-refractivity contribution >= 4 is 29.3 Å². The molecule has 0 aromatic heterocycles. The van der Waals surface area contributed by atoms with Crippen LogP contribution in [0.5, 0.6) is 0 Å². The summed E-state index contributed by atoms with van der Waals surface area (Å²) in [5.74, 6) is -1.62. The average Bonchev–Trinajstić information content (AvgIpc) is 3.24. The van der Waals surface area contributed by atoms with Crippen molar-refractivity contribution in [1.29, 1.82) is 0 Å². The highest BCUT2D eigenvalue weighted by Gasteiger charge is 2.39. The van der Waals surface area contributed by atoms with Crippen LogP contribution in [0.4, 0.5) is 5.69 Å². The molecule has 1 heterocycles. The number of nitrogens with zero attached hydrogens (tertiary/aromatic N) is 1. The maximum atomic E-state index is 12.8. The number of hydrogen-bond donors (Lipinski definition) is 1. The number of anilines is 1. The summed E-state index contributed by atoms with van der Waals surface area (Å²) < 4.78 is 10.5. The van der Waals surface area contributed by atoms with Crippen LogP contribution in [0.15, 0.2) is 78.9 Å². The number of ether oxygens (including phenoxy) is 2. The van der Waals surface area contributed by atoms with E-state index in [-0.39, 0.29) is 29.6 Å². The number of benzene rings is 3. The second-order valence-corrected chi connectivity index (χ2v) is 8.82. The second-order valence-electron chi connectivity index (χ2n) is 8.82. The first kappa shape index (κ1) is 26.9. The van der Waals surface area contributed by atoms with Crippen molar-refractivity contribution in [3.05, 3.63) is 90.0 Å². The molecule has 3 aromatic carbocycles. The predicted molar refractivity (Wildman–Crippen MR) is 143 cm³/mol. The van der Waals surface area contributed by atoms with Gasteiger partial charge in [0.15, 0.2) is 12.4 Å². The first-order valence-corrected chi connectivity index (χ1v) is 12.6. The molecule has 38 heavy (non-hydrogen) atoms. The van der Waals surface area contributed by atoms with E-state index >= 15 is 0 Å². The number of Topliss-reactive ketones (excluding diaryl/α,β-unsaturated/α-hetero) is 1. The SMILES string of the molecule is CCOCCCNC1CC(=O)N(c2ccc(C(=O)OCC(=O)c3ccc(-c4ccccc4)cc3)cc2)C1=O. The molecule has 1 unspecified atom stereocenters. The molecular weight excluding hydrogens is 484 g/mol. The molecule has 8 nitrogen and oxygen atoms in total. The zero-order valence-electron chi connectivity index (χ0n) is 21.2. The number of carbonyl (C=O) groups is 4. The molecule has 0 saturated carbocycles. The number of ketones is 1. The molecule has 1 aliphatic heterocycles. The summed E-state index contributed by atoms with van der Waals surface area (Å²) in [6, 6.07) is 22.3. The molecule has 0 aliphatic carbocycles. The van der Waals surface area contributed by atoms with Crippen LogP contribution in [0.1, 0.15) is 40.5 Å². The Hall–Kier alpha value is -4.14. The van der Waals surface area contributed by atoms with Crippen LogP contribution in [0.25, 0.3) is 11.1 Å². The second kappa shape index (κ2) is 12.9. The van der Waals surface area contributed by atoms with Gasteiger partial charge in [-0.25, -0.2) is 9.69 Å². The lowest BCUT2D eigenvalue weighted by atomic mass is 10.0. The highest BCUT2D eigenvalue weighted by molar-refractivity contribution is 6.22. The molecule has 1 saturated heterocycles. The third-order valence-electron chi connectivity index (χ3n) is 6.22. The summed E-state index contributed by atoms with van der Waals surface area (Å²) in [4.78, 5) is 51.3. The zero-order chi connectivity index (χ0) is 26.9. The minimum absolute atomic E-state index is 0.0751. The van der Waals surface area contributed by atoms with Crippen LogP contribution in [-0.4, -0.2) is 56.0 Å². The van der Waals surface area contributed by atoms with Gasteiger partial charge in [-0.3, -0.25) is 14.4 Å². The first-order chi connectivity index (χ1) is 18.5. The minimum atomic E-state index is -0.668. The molecule has 196 valence electrons. The van der Waals surface area contributed by atoms with Crippen molar-refractivity contribution in [2.75, 3.05) is 31.3 Å². The summed E-state index contributed by atoms with van der Waals surface area (Å²) in [6.07, 6.45) is 0.815. The molecule has 0 bridgehead atoms. The number of carbonyl (C=O) groups excluding carboxylic acids is 4. The van der Waals surface area contributed by atoms with Gasteiger partial charge in [-0.1, -0.05) is 54.6 Å². The van der Waals surface area contributed by atoms with Gasteiger partial charge in [-0.15, -0.1) is 0 Å². The molecule has 8 heteroatoms. The van der Waals surface area contributed by atoms with Crippen molar-refractivity contribution in [3.63, 3.8) is 0 Å². The van der Waals surface area contributed by atoms with E-state index in [0.29, 0.717) is 31.0 Å².